The van der Waals surface area contributed by atoms with Crippen LogP contribution in [0.1, 0.15) is 57.6 Å². The van der Waals surface area contributed by atoms with Gasteiger partial charge in [-0.15, -0.1) is 0 Å². The van der Waals surface area contributed by atoms with Gasteiger partial charge >= 0.3 is 0 Å². The minimum atomic E-state index is -0.226. The zero-order chi connectivity index (χ0) is 14.5. The van der Waals surface area contributed by atoms with Gasteiger partial charge in [-0.05, 0) is 42.9 Å². The summed E-state index contributed by atoms with van der Waals surface area (Å²) >= 11 is 0. The maximum atomic E-state index is 13.4. The molecular weight excluding hydrogens is 253 g/mol. The summed E-state index contributed by atoms with van der Waals surface area (Å²) in [5.74, 6) is 0.483. The minimum absolute atomic E-state index is 0.0889. The van der Waals surface area contributed by atoms with Crippen LogP contribution in [0.25, 0.3) is 0 Å². The number of halogens is 1. The largest absolute Gasteiger partial charge is 0.369 e. The molecule has 0 bridgehead atoms. The van der Waals surface area contributed by atoms with Crippen molar-refractivity contribution in [1.29, 1.82) is 0 Å². The van der Waals surface area contributed by atoms with Gasteiger partial charge in [0.2, 0.25) is 0 Å². The van der Waals surface area contributed by atoms with Gasteiger partial charge in [0, 0.05) is 6.04 Å². The molecule has 0 heterocycles. The summed E-state index contributed by atoms with van der Waals surface area (Å²) in [4.78, 5) is 0. The van der Waals surface area contributed by atoms with E-state index in [1.54, 1.807) is 12.1 Å². The third-order valence-electron chi connectivity index (χ3n) is 4.26. The highest BCUT2D eigenvalue weighted by atomic mass is 19.1. The molecule has 3 heteroatoms. The fourth-order valence-corrected chi connectivity index (χ4v) is 3.03. The number of hydrogen-bond donors (Lipinski definition) is 1. The highest BCUT2D eigenvalue weighted by Crippen LogP contribution is 2.32. The Kier molecular flexibility index (Phi) is 5.55. The van der Waals surface area contributed by atoms with Crippen molar-refractivity contribution in [3.05, 3.63) is 35.6 Å². The van der Waals surface area contributed by atoms with E-state index >= 15 is 0 Å². The summed E-state index contributed by atoms with van der Waals surface area (Å²) < 4.78 is 19.7. The van der Waals surface area contributed by atoms with Gasteiger partial charge in [-0.25, -0.2) is 4.39 Å². The predicted octanol–water partition coefficient (Wildman–Crippen LogP) is 4.20. The van der Waals surface area contributed by atoms with Crippen molar-refractivity contribution in [2.45, 2.75) is 64.2 Å². The zero-order valence-electron chi connectivity index (χ0n) is 12.5. The second-order valence-corrected chi connectivity index (χ2v) is 6.08. The first-order chi connectivity index (χ1) is 9.60. The van der Waals surface area contributed by atoms with Crippen LogP contribution in [0.5, 0.6) is 0 Å². The lowest BCUT2D eigenvalue weighted by Crippen LogP contribution is -2.34. The Morgan fingerprint density at radius 3 is 2.85 bits per heavy atom. The molecule has 0 aromatic heterocycles. The summed E-state index contributed by atoms with van der Waals surface area (Å²) in [5.41, 5.74) is 7.06. The SMILES string of the molecule is CCC(N)C(OC1CCCC(C)C1)c1cccc(F)c1. The molecule has 1 aliphatic rings. The average molecular weight is 279 g/mol. The Labute approximate surface area is 121 Å². The Hall–Kier alpha value is -0.930. The number of hydrogen-bond acceptors (Lipinski definition) is 2. The van der Waals surface area contributed by atoms with Gasteiger partial charge in [-0.1, -0.05) is 38.8 Å². The molecule has 1 fully saturated rings. The molecule has 1 aliphatic carbocycles. The molecule has 2 N–H and O–H groups in total. The standard InChI is InChI=1S/C17H26FNO/c1-3-16(19)17(13-7-5-8-14(18)11-13)20-15-9-4-6-12(2)10-15/h5,7-8,11-12,15-17H,3-4,6,9-10,19H2,1-2H3. The fraction of sp³-hybridized carbons (Fsp3) is 0.647. The molecule has 20 heavy (non-hydrogen) atoms. The van der Waals surface area contributed by atoms with Crippen LogP contribution in [0.15, 0.2) is 24.3 Å². The van der Waals surface area contributed by atoms with Crippen LogP contribution in [0, 0.1) is 11.7 Å². The number of ether oxygens (including phenoxy) is 1. The molecule has 0 radical (unpaired) electrons. The Morgan fingerprint density at radius 2 is 2.20 bits per heavy atom. The summed E-state index contributed by atoms with van der Waals surface area (Å²) in [6, 6.07) is 6.56. The van der Waals surface area contributed by atoms with E-state index in [2.05, 4.69) is 6.92 Å². The van der Waals surface area contributed by atoms with E-state index in [0.29, 0.717) is 5.92 Å². The lowest BCUT2D eigenvalue weighted by molar-refractivity contribution is -0.0519. The van der Waals surface area contributed by atoms with Gasteiger partial charge in [-0.2, -0.15) is 0 Å². The van der Waals surface area contributed by atoms with Gasteiger partial charge in [0.15, 0.2) is 0 Å². The van der Waals surface area contributed by atoms with Crippen molar-refractivity contribution in [2.75, 3.05) is 0 Å². The lowest BCUT2D eigenvalue weighted by Gasteiger charge is -2.33. The summed E-state index contributed by atoms with van der Waals surface area (Å²) in [6.45, 7) is 4.32. The summed E-state index contributed by atoms with van der Waals surface area (Å²) in [6.07, 6.45) is 5.54. The number of benzene rings is 1. The second-order valence-electron chi connectivity index (χ2n) is 6.08. The molecular formula is C17H26FNO. The van der Waals surface area contributed by atoms with Crippen LogP contribution >= 0.6 is 0 Å². The van der Waals surface area contributed by atoms with Gasteiger partial charge in [0.25, 0.3) is 0 Å². The van der Waals surface area contributed by atoms with Gasteiger partial charge in [-0.3, -0.25) is 0 Å². The molecule has 112 valence electrons. The summed E-state index contributed by atoms with van der Waals surface area (Å²) in [7, 11) is 0. The third kappa shape index (κ3) is 4.03. The van der Waals surface area contributed by atoms with E-state index in [9.17, 15) is 4.39 Å². The Bertz CT molecular complexity index is 423. The van der Waals surface area contributed by atoms with Gasteiger partial charge in [0.1, 0.15) is 5.82 Å². The Balaban J connectivity index is 2.11. The van der Waals surface area contributed by atoms with Crippen molar-refractivity contribution in [1.82, 2.24) is 0 Å². The first-order valence-electron chi connectivity index (χ1n) is 7.76. The topological polar surface area (TPSA) is 35.2 Å². The molecule has 0 saturated heterocycles. The van der Waals surface area contributed by atoms with Crippen LogP contribution < -0.4 is 5.73 Å². The van der Waals surface area contributed by atoms with Crippen LogP contribution in [-0.2, 0) is 4.74 Å². The molecule has 1 aromatic rings. The highest BCUT2D eigenvalue weighted by Gasteiger charge is 2.26. The van der Waals surface area contributed by atoms with Crippen molar-refractivity contribution >= 4 is 0 Å². The third-order valence-corrected chi connectivity index (χ3v) is 4.26. The van der Waals surface area contributed by atoms with Crippen LogP contribution in [-0.4, -0.2) is 12.1 Å². The van der Waals surface area contributed by atoms with E-state index in [1.807, 2.05) is 13.0 Å². The number of nitrogens with two attached hydrogens (primary N) is 1. The maximum absolute atomic E-state index is 13.4. The zero-order valence-corrected chi connectivity index (χ0v) is 12.5. The molecule has 0 aliphatic heterocycles. The van der Waals surface area contributed by atoms with E-state index < -0.39 is 0 Å². The van der Waals surface area contributed by atoms with Crippen molar-refractivity contribution < 1.29 is 9.13 Å². The molecule has 1 aromatic carbocycles. The quantitative estimate of drug-likeness (QED) is 0.876. The molecule has 1 saturated carbocycles. The van der Waals surface area contributed by atoms with Crippen molar-refractivity contribution in [3.63, 3.8) is 0 Å². The highest BCUT2D eigenvalue weighted by molar-refractivity contribution is 5.20. The molecule has 4 atom stereocenters. The van der Waals surface area contributed by atoms with Crippen LogP contribution in [0.4, 0.5) is 4.39 Å². The van der Waals surface area contributed by atoms with Crippen LogP contribution in [0.3, 0.4) is 0 Å². The smallest absolute Gasteiger partial charge is 0.123 e. The molecule has 2 rings (SSSR count). The average Bonchev–Trinajstić information content (AvgIpc) is 2.44. The van der Waals surface area contributed by atoms with Crippen LogP contribution in [0.2, 0.25) is 0 Å². The first kappa shape index (κ1) is 15.5. The fourth-order valence-electron chi connectivity index (χ4n) is 3.03. The second kappa shape index (κ2) is 7.19. The van der Waals surface area contributed by atoms with Gasteiger partial charge < -0.3 is 10.5 Å². The molecule has 0 amide bonds. The normalized spacial score (nSPS) is 26.2. The van der Waals surface area contributed by atoms with E-state index in [-0.39, 0.29) is 24.1 Å². The molecule has 2 nitrogen and oxygen atoms in total. The van der Waals surface area contributed by atoms with Crippen molar-refractivity contribution in [3.8, 4) is 0 Å². The first-order valence-corrected chi connectivity index (χ1v) is 7.76. The van der Waals surface area contributed by atoms with E-state index in [1.165, 1.54) is 18.9 Å². The molecule has 0 spiro atoms. The monoisotopic (exact) mass is 279 g/mol. The van der Waals surface area contributed by atoms with E-state index in [4.69, 9.17) is 10.5 Å². The lowest BCUT2D eigenvalue weighted by atomic mass is 9.88. The number of rotatable bonds is 5. The van der Waals surface area contributed by atoms with E-state index in [0.717, 1.165) is 24.8 Å². The minimum Gasteiger partial charge on any atom is -0.369 e. The maximum Gasteiger partial charge on any atom is 0.123 e. The molecule has 4 unspecified atom stereocenters. The summed E-state index contributed by atoms with van der Waals surface area (Å²) in [5, 5.41) is 0. The van der Waals surface area contributed by atoms with Gasteiger partial charge in [0.05, 0.1) is 12.2 Å². The Morgan fingerprint density at radius 1 is 1.40 bits per heavy atom. The van der Waals surface area contributed by atoms with Crippen molar-refractivity contribution in [2.24, 2.45) is 11.7 Å². The predicted molar refractivity (Wildman–Crippen MR) is 79.9 cm³/mol.